The van der Waals surface area contributed by atoms with Gasteiger partial charge in [-0.25, -0.2) is 9.78 Å². The topological polar surface area (TPSA) is 165 Å². The Morgan fingerprint density at radius 3 is 2.41 bits per heavy atom. The predicted molar refractivity (Wildman–Crippen MR) is 201 cm³/mol. The summed E-state index contributed by atoms with van der Waals surface area (Å²) in [6.07, 6.45) is 5.22. The lowest BCUT2D eigenvalue weighted by Gasteiger charge is -2.22. The molecule has 268 valence electrons. The molecule has 0 bridgehead atoms. The van der Waals surface area contributed by atoms with Gasteiger partial charge >= 0.3 is 6.03 Å². The zero-order chi connectivity index (χ0) is 34.5. The lowest BCUT2D eigenvalue weighted by atomic mass is 9.91. The van der Waals surface area contributed by atoms with Crippen molar-refractivity contribution in [2.75, 3.05) is 41.7 Å². The zero-order valence-electron chi connectivity index (χ0n) is 28.5. The molecular weight excluding hydrogens is 668 g/mol. The van der Waals surface area contributed by atoms with Crippen molar-refractivity contribution in [3.05, 3.63) is 103 Å². The average molecular weight is 713 g/mol. The van der Waals surface area contributed by atoms with E-state index in [0.717, 1.165) is 13.0 Å². The summed E-state index contributed by atoms with van der Waals surface area (Å²) < 4.78 is 1.88. The average Bonchev–Trinajstić information content (AvgIpc) is 3.86. The molecule has 1 saturated carbocycles. The van der Waals surface area contributed by atoms with E-state index in [0.29, 0.717) is 61.1 Å². The number of rotatable bonds is 12. The van der Waals surface area contributed by atoms with Crippen LogP contribution in [0.15, 0.2) is 91.5 Å². The minimum atomic E-state index is -0.990. The lowest BCUT2D eigenvalue weighted by molar-refractivity contribution is 0.0143. The third-order valence-corrected chi connectivity index (χ3v) is 9.68. The van der Waals surface area contributed by atoms with Crippen LogP contribution in [0.3, 0.4) is 0 Å². The van der Waals surface area contributed by atoms with Gasteiger partial charge in [-0.15, -0.1) is 12.4 Å². The van der Waals surface area contributed by atoms with Gasteiger partial charge in [0.25, 0.3) is 0 Å². The molecule has 4 heterocycles. The largest absolute Gasteiger partial charge is 0.389 e. The maximum absolute atomic E-state index is 12.8. The van der Waals surface area contributed by atoms with E-state index in [1.165, 1.54) is 11.1 Å². The van der Waals surface area contributed by atoms with Crippen molar-refractivity contribution in [1.82, 2.24) is 35.1 Å². The number of nitrogens with one attached hydrogen (secondary N) is 4. The van der Waals surface area contributed by atoms with Crippen LogP contribution in [0.1, 0.15) is 49.3 Å². The number of aromatic nitrogens is 5. The van der Waals surface area contributed by atoms with Gasteiger partial charge in [0.1, 0.15) is 6.10 Å². The van der Waals surface area contributed by atoms with Crippen LogP contribution in [0, 0.1) is 0 Å². The predicted octanol–water partition coefficient (Wildman–Crippen LogP) is 4.32. The van der Waals surface area contributed by atoms with E-state index < -0.39 is 18.2 Å². The first-order valence-electron chi connectivity index (χ1n) is 17.4. The molecule has 2 amide bonds. The van der Waals surface area contributed by atoms with E-state index in [4.69, 9.17) is 15.0 Å². The number of aliphatic hydroxyl groups excluding tert-OH is 2. The molecule has 2 aliphatic rings. The summed E-state index contributed by atoms with van der Waals surface area (Å²) >= 11 is 0. The van der Waals surface area contributed by atoms with Crippen LogP contribution >= 0.6 is 12.4 Å². The van der Waals surface area contributed by atoms with Gasteiger partial charge in [0, 0.05) is 43.8 Å². The number of halogens is 1. The lowest BCUT2D eigenvalue weighted by Crippen LogP contribution is -2.40. The Bertz CT molecular complexity index is 1830. The van der Waals surface area contributed by atoms with E-state index >= 15 is 0 Å². The van der Waals surface area contributed by atoms with Crippen molar-refractivity contribution in [3.8, 4) is 0 Å². The van der Waals surface area contributed by atoms with Crippen LogP contribution < -0.4 is 26.2 Å². The monoisotopic (exact) mass is 712 g/mol. The molecule has 0 spiro atoms. The van der Waals surface area contributed by atoms with Crippen molar-refractivity contribution in [3.63, 3.8) is 0 Å². The number of amides is 2. The molecule has 1 saturated heterocycles. The van der Waals surface area contributed by atoms with Crippen molar-refractivity contribution in [2.45, 2.75) is 62.4 Å². The van der Waals surface area contributed by atoms with Gasteiger partial charge in [-0.2, -0.15) is 9.97 Å². The van der Waals surface area contributed by atoms with Gasteiger partial charge in [0.2, 0.25) is 5.95 Å². The summed E-state index contributed by atoms with van der Waals surface area (Å²) in [4.78, 5) is 33.7. The van der Waals surface area contributed by atoms with Gasteiger partial charge in [-0.1, -0.05) is 67.6 Å². The minimum Gasteiger partial charge on any atom is -0.389 e. The highest BCUT2D eigenvalue weighted by Crippen LogP contribution is 2.35. The summed E-state index contributed by atoms with van der Waals surface area (Å²) in [6, 6.07) is 23.2. The Morgan fingerprint density at radius 1 is 0.980 bits per heavy atom. The second-order valence-electron chi connectivity index (χ2n) is 13.1. The number of carbonyl (C=O) groups is 1. The third kappa shape index (κ3) is 8.07. The molecular formula is C37H45ClN10O3. The van der Waals surface area contributed by atoms with Crippen LogP contribution in [0.2, 0.25) is 0 Å². The molecule has 2 aromatic carbocycles. The first-order valence-corrected chi connectivity index (χ1v) is 17.4. The molecule has 3 aromatic heterocycles. The summed E-state index contributed by atoms with van der Waals surface area (Å²) in [5, 5.41) is 35.0. The molecule has 14 heteroatoms. The SMILES string of the molecule is CCCN[C@H]1C[C@@H](n2cnc3c(NCC(c4ccccc4)c4ccccc4)nc(N4CCC(NC(=O)Nc5cccnc5)C4)nc32)[C@H](O)[C@@H]1O.Cl. The highest BCUT2D eigenvalue weighted by Gasteiger charge is 2.43. The van der Waals surface area contributed by atoms with Gasteiger partial charge in [-0.3, -0.25) is 4.98 Å². The number of carbonyl (C=O) groups excluding carboxylic acids is 1. The number of benzene rings is 2. The maximum atomic E-state index is 12.8. The summed E-state index contributed by atoms with van der Waals surface area (Å²) in [5.41, 5.74) is 4.13. The van der Waals surface area contributed by atoms with Gasteiger partial charge in [0.05, 0.1) is 30.4 Å². The summed E-state index contributed by atoms with van der Waals surface area (Å²) in [6.45, 7) is 4.54. The van der Waals surface area contributed by atoms with Crippen molar-refractivity contribution in [2.24, 2.45) is 0 Å². The summed E-state index contributed by atoms with van der Waals surface area (Å²) in [5.74, 6) is 1.13. The highest BCUT2D eigenvalue weighted by atomic mass is 35.5. The smallest absolute Gasteiger partial charge is 0.319 e. The van der Waals surface area contributed by atoms with Gasteiger partial charge in [0.15, 0.2) is 17.0 Å². The molecule has 7 rings (SSSR count). The number of nitrogens with zero attached hydrogens (tertiary/aromatic N) is 6. The number of anilines is 3. The molecule has 5 aromatic rings. The van der Waals surface area contributed by atoms with E-state index in [-0.39, 0.29) is 36.4 Å². The van der Waals surface area contributed by atoms with Crippen LogP contribution in [-0.4, -0.2) is 91.2 Å². The number of urea groups is 1. The minimum absolute atomic E-state index is 0. The first-order chi connectivity index (χ1) is 24.5. The number of pyridine rings is 1. The van der Waals surface area contributed by atoms with E-state index in [1.807, 2.05) is 41.0 Å². The quantitative estimate of drug-likeness (QED) is 0.110. The Kier molecular flexibility index (Phi) is 11.6. The standard InChI is InChI=1S/C37H44N10O3.ClH/c1-2-16-39-29-19-30(33(49)32(29)48)47-23-41-31-34(40-21-28(24-10-5-3-6-11-24)25-12-7-4-8-13-25)44-36(45-35(31)47)46-18-15-27(22-46)43-37(50)42-26-14-9-17-38-20-26;/h3-14,17,20,23,27-30,32-33,39,48-49H,2,15-16,18-19,21-22H2,1H3,(H,40,44,45)(H2,42,43,50);1H/t27?,29-,30+,32+,33-;/m0./s1. The van der Waals surface area contributed by atoms with E-state index in [9.17, 15) is 15.0 Å². The van der Waals surface area contributed by atoms with Crippen LogP contribution in [-0.2, 0) is 0 Å². The number of hydrogen-bond acceptors (Lipinski definition) is 10. The van der Waals surface area contributed by atoms with Crippen LogP contribution in [0.4, 0.5) is 22.2 Å². The fourth-order valence-electron chi connectivity index (χ4n) is 7.08. The summed E-state index contributed by atoms with van der Waals surface area (Å²) in [7, 11) is 0. The van der Waals surface area contributed by atoms with E-state index in [1.54, 1.807) is 30.9 Å². The molecule has 6 N–H and O–H groups in total. The fraction of sp³-hybridized carbons (Fsp3) is 0.378. The van der Waals surface area contributed by atoms with Gasteiger partial charge in [-0.05, 0) is 49.1 Å². The molecule has 1 aliphatic heterocycles. The van der Waals surface area contributed by atoms with Crippen molar-refractivity contribution < 1.29 is 15.0 Å². The molecule has 1 aliphatic carbocycles. The highest BCUT2D eigenvalue weighted by molar-refractivity contribution is 5.89. The normalized spacial score (nSPS) is 21.5. The Balaban J connectivity index is 0.00000448. The number of aliphatic hydroxyl groups is 2. The molecule has 1 unspecified atom stereocenters. The zero-order valence-corrected chi connectivity index (χ0v) is 29.3. The Hall–Kier alpha value is -4.82. The third-order valence-electron chi connectivity index (χ3n) is 9.68. The molecule has 51 heavy (non-hydrogen) atoms. The first kappa shape index (κ1) is 36.0. The van der Waals surface area contributed by atoms with Crippen molar-refractivity contribution in [1.29, 1.82) is 0 Å². The molecule has 13 nitrogen and oxygen atoms in total. The Morgan fingerprint density at radius 2 is 1.73 bits per heavy atom. The van der Waals surface area contributed by atoms with Crippen LogP contribution in [0.5, 0.6) is 0 Å². The Labute approximate surface area is 303 Å². The maximum Gasteiger partial charge on any atom is 0.319 e. The fourth-order valence-corrected chi connectivity index (χ4v) is 7.08. The van der Waals surface area contributed by atoms with Gasteiger partial charge < -0.3 is 40.9 Å². The second-order valence-corrected chi connectivity index (χ2v) is 13.1. The molecule has 0 radical (unpaired) electrons. The van der Waals surface area contributed by atoms with Crippen LogP contribution in [0.25, 0.3) is 11.2 Å². The number of imidazole rings is 1. The molecule has 5 atom stereocenters. The van der Waals surface area contributed by atoms with E-state index in [2.05, 4.69) is 62.3 Å². The van der Waals surface area contributed by atoms with Crippen molar-refractivity contribution >= 4 is 47.1 Å². The number of hydrogen-bond donors (Lipinski definition) is 6. The molecule has 2 fully saturated rings. The second kappa shape index (κ2) is 16.5. The number of fused-ring (bicyclic) bond motifs is 1.